The number of amides is 1. The van der Waals surface area contributed by atoms with Gasteiger partial charge in [-0.05, 0) is 12.8 Å². The molecule has 3 aromatic heterocycles. The predicted octanol–water partition coefficient (Wildman–Crippen LogP) is 2.80. The van der Waals surface area contributed by atoms with E-state index < -0.39 is 0 Å². The second-order valence-electron chi connectivity index (χ2n) is 6.84. The summed E-state index contributed by atoms with van der Waals surface area (Å²) in [6.07, 6.45) is 9.37. The summed E-state index contributed by atoms with van der Waals surface area (Å²) in [6, 6.07) is 0. The average Bonchev–Trinajstić information content (AvgIpc) is 3.39. The van der Waals surface area contributed by atoms with Crippen molar-refractivity contribution in [1.82, 2.24) is 34.8 Å². The molecular weight excluding hydrogens is 394 g/mol. The van der Waals surface area contributed by atoms with E-state index in [-0.39, 0.29) is 5.91 Å². The minimum Gasteiger partial charge on any atom is -0.337 e. The van der Waals surface area contributed by atoms with Gasteiger partial charge in [0.1, 0.15) is 6.33 Å². The molecule has 0 saturated carbocycles. The SMILES string of the molecule is O=C(c1nc2sccn2c1CNCCSc1ncn[nH]1)N1CCCCCCC1. The van der Waals surface area contributed by atoms with Crippen LogP contribution in [-0.4, -0.2) is 60.8 Å². The minimum absolute atomic E-state index is 0.0747. The number of imidazole rings is 1. The predicted molar refractivity (Wildman–Crippen MR) is 111 cm³/mol. The smallest absolute Gasteiger partial charge is 0.274 e. The van der Waals surface area contributed by atoms with Gasteiger partial charge in [0, 0.05) is 43.5 Å². The highest BCUT2D eigenvalue weighted by atomic mass is 32.2. The molecule has 1 fully saturated rings. The summed E-state index contributed by atoms with van der Waals surface area (Å²) in [5.74, 6) is 0.946. The van der Waals surface area contributed by atoms with E-state index in [4.69, 9.17) is 0 Å². The van der Waals surface area contributed by atoms with Crippen LogP contribution in [0, 0.1) is 0 Å². The van der Waals surface area contributed by atoms with E-state index >= 15 is 0 Å². The van der Waals surface area contributed by atoms with Crippen molar-refractivity contribution in [2.24, 2.45) is 0 Å². The quantitative estimate of drug-likeness (QED) is 0.452. The van der Waals surface area contributed by atoms with Crippen LogP contribution in [0.15, 0.2) is 23.1 Å². The Balaban J connectivity index is 1.41. The van der Waals surface area contributed by atoms with Crippen LogP contribution in [-0.2, 0) is 6.54 Å². The number of nitrogens with one attached hydrogen (secondary N) is 2. The fourth-order valence-electron chi connectivity index (χ4n) is 3.46. The van der Waals surface area contributed by atoms with E-state index in [1.165, 1.54) is 25.6 Å². The lowest BCUT2D eigenvalue weighted by Crippen LogP contribution is -2.35. The van der Waals surface area contributed by atoms with Crippen LogP contribution in [0.3, 0.4) is 0 Å². The number of aromatic amines is 1. The van der Waals surface area contributed by atoms with Crippen LogP contribution in [0.2, 0.25) is 0 Å². The number of carbonyl (C=O) groups excluding carboxylic acids is 1. The first-order chi connectivity index (χ1) is 13.8. The lowest BCUT2D eigenvalue weighted by atomic mass is 10.1. The number of carbonyl (C=O) groups is 1. The number of nitrogens with zero attached hydrogens (tertiary/aromatic N) is 5. The van der Waals surface area contributed by atoms with Crippen LogP contribution < -0.4 is 5.32 Å². The van der Waals surface area contributed by atoms with Gasteiger partial charge in [0.2, 0.25) is 0 Å². The molecule has 0 atom stereocenters. The molecule has 3 aromatic rings. The van der Waals surface area contributed by atoms with Gasteiger partial charge >= 0.3 is 0 Å². The van der Waals surface area contributed by atoms with E-state index in [2.05, 4.69) is 25.5 Å². The summed E-state index contributed by atoms with van der Waals surface area (Å²) in [5, 5.41) is 13.0. The van der Waals surface area contributed by atoms with Crippen molar-refractivity contribution >= 4 is 34.0 Å². The van der Waals surface area contributed by atoms with Gasteiger partial charge in [-0.2, -0.15) is 5.10 Å². The maximum absolute atomic E-state index is 13.2. The summed E-state index contributed by atoms with van der Waals surface area (Å²) in [4.78, 5) is 24.8. The van der Waals surface area contributed by atoms with E-state index in [1.54, 1.807) is 23.1 Å². The van der Waals surface area contributed by atoms with Gasteiger partial charge in [-0.3, -0.25) is 14.3 Å². The number of aromatic nitrogens is 5. The number of H-pyrrole nitrogens is 1. The highest BCUT2D eigenvalue weighted by Crippen LogP contribution is 2.21. The normalized spacial score (nSPS) is 15.6. The van der Waals surface area contributed by atoms with Gasteiger partial charge in [-0.25, -0.2) is 9.97 Å². The standard InChI is InChI=1S/C18H25N7OS2/c26-16(24-7-4-2-1-3-5-8-24)15-14(25-9-11-28-18(25)22-15)12-19-6-10-27-17-20-13-21-23-17/h9,11,13,19H,1-8,10,12H2,(H,20,21,23). The molecular formula is C18H25N7OS2. The molecule has 4 heterocycles. The second-order valence-corrected chi connectivity index (χ2v) is 8.80. The van der Waals surface area contributed by atoms with Gasteiger partial charge in [0.05, 0.1) is 5.69 Å². The van der Waals surface area contributed by atoms with Crippen molar-refractivity contribution in [2.45, 2.75) is 43.8 Å². The Hall–Kier alpha value is -1.91. The molecule has 8 nitrogen and oxygen atoms in total. The lowest BCUT2D eigenvalue weighted by Gasteiger charge is -2.24. The molecule has 0 bridgehead atoms. The van der Waals surface area contributed by atoms with Crippen molar-refractivity contribution < 1.29 is 4.79 Å². The Morgan fingerprint density at radius 2 is 2.07 bits per heavy atom. The fraction of sp³-hybridized carbons (Fsp3) is 0.556. The maximum atomic E-state index is 13.2. The van der Waals surface area contributed by atoms with Crippen molar-refractivity contribution in [3.8, 4) is 0 Å². The molecule has 28 heavy (non-hydrogen) atoms. The summed E-state index contributed by atoms with van der Waals surface area (Å²) in [5.41, 5.74) is 1.55. The van der Waals surface area contributed by atoms with Crippen molar-refractivity contribution in [3.05, 3.63) is 29.3 Å². The molecule has 1 aliphatic heterocycles. The fourth-order valence-corrected chi connectivity index (χ4v) is 4.88. The first kappa shape index (κ1) is 19.4. The number of rotatable bonds is 7. The summed E-state index contributed by atoms with van der Waals surface area (Å²) >= 11 is 3.19. The first-order valence-corrected chi connectivity index (χ1v) is 11.6. The summed E-state index contributed by atoms with van der Waals surface area (Å²) < 4.78 is 2.04. The third-order valence-corrected chi connectivity index (χ3v) is 6.54. The Bertz CT molecular complexity index is 881. The zero-order valence-electron chi connectivity index (χ0n) is 15.8. The lowest BCUT2D eigenvalue weighted by molar-refractivity contribution is 0.0736. The molecule has 1 saturated heterocycles. The zero-order chi connectivity index (χ0) is 19.2. The molecule has 0 aliphatic carbocycles. The van der Waals surface area contributed by atoms with E-state index in [9.17, 15) is 4.79 Å². The zero-order valence-corrected chi connectivity index (χ0v) is 17.4. The summed E-state index contributed by atoms with van der Waals surface area (Å²) in [7, 11) is 0. The minimum atomic E-state index is 0.0747. The Kier molecular flexibility index (Phi) is 6.61. The average molecular weight is 420 g/mol. The van der Waals surface area contributed by atoms with E-state index in [1.807, 2.05) is 20.9 Å². The van der Waals surface area contributed by atoms with Crippen LogP contribution >= 0.6 is 23.1 Å². The Labute approximate surface area is 172 Å². The molecule has 1 amide bonds. The van der Waals surface area contributed by atoms with E-state index in [0.29, 0.717) is 12.2 Å². The van der Waals surface area contributed by atoms with Crippen molar-refractivity contribution in [2.75, 3.05) is 25.4 Å². The van der Waals surface area contributed by atoms with Crippen LogP contribution in [0.1, 0.15) is 48.3 Å². The Morgan fingerprint density at radius 1 is 1.25 bits per heavy atom. The number of fused-ring (bicyclic) bond motifs is 1. The van der Waals surface area contributed by atoms with Crippen LogP contribution in [0.5, 0.6) is 0 Å². The van der Waals surface area contributed by atoms with E-state index in [0.717, 1.165) is 54.0 Å². The summed E-state index contributed by atoms with van der Waals surface area (Å²) in [6.45, 7) is 3.10. The number of thioether (sulfide) groups is 1. The monoisotopic (exact) mass is 419 g/mol. The number of hydrogen-bond donors (Lipinski definition) is 2. The molecule has 0 radical (unpaired) electrons. The highest BCUT2D eigenvalue weighted by Gasteiger charge is 2.24. The molecule has 2 N–H and O–H groups in total. The second kappa shape index (κ2) is 9.53. The first-order valence-electron chi connectivity index (χ1n) is 9.75. The molecule has 1 aliphatic rings. The topological polar surface area (TPSA) is 91.2 Å². The molecule has 4 rings (SSSR count). The van der Waals surface area contributed by atoms with Gasteiger partial charge in [0.15, 0.2) is 15.8 Å². The molecule has 0 spiro atoms. The van der Waals surface area contributed by atoms with Crippen LogP contribution in [0.4, 0.5) is 0 Å². The number of likely N-dealkylation sites (tertiary alicyclic amines) is 1. The number of thiazole rings is 1. The molecule has 0 aromatic carbocycles. The Morgan fingerprint density at radius 3 is 2.86 bits per heavy atom. The molecule has 150 valence electrons. The maximum Gasteiger partial charge on any atom is 0.274 e. The third-order valence-electron chi connectivity index (χ3n) is 4.91. The largest absolute Gasteiger partial charge is 0.337 e. The highest BCUT2D eigenvalue weighted by molar-refractivity contribution is 7.99. The molecule has 10 heteroatoms. The van der Waals surface area contributed by atoms with Gasteiger partial charge in [-0.15, -0.1) is 11.3 Å². The van der Waals surface area contributed by atoms with Crippen molar-refractivity contribution in [3.63, 3.8) is 0 Å². The van der Waals surface area contributed by atoms with Gasteiger partial charge in [0.25, 0.3) is 5.91 Å². The van der Waals surface area contributed by atoms with Crippen molar-refractivity contribution in [1.29, 1.82) is 0 Å². The van der Waals surface area contributed by atoms with Gasteiger partial charge in [-0.1, -0.05) is 31.0 Å². The number of hydrogen-bond acceptors (Lipinski definition) is 7. The third kappa shape index (κ3) is 4.56. The molecule has 0 unspecified atom stereocenters. The van der Waals surface area contributed by atoms with Crippen LogP contribution in [0.25, 0.3) is 4.96 Å². The van der Waals surface area contributed by atoms with Gasteiger partial charge < -0.3 is 10.2 Å².